The van der Waals surface area contributed by atoms with Gasteiger partial charge < -0.3 is 0 Å². The third-order valence-corrected chi connectivity index (χ3v) is 4.00. The highest BCUT2D eigenvalue weighted by Gasteiger charge is 2.15. The summed E-state index contributed by atoms with van der Waals surface area (Å²) in [5.41, 5.74) is 4.23. The van der Waals surface area contributed by atoms with Gasteiger partial charge in [-0.05, 0) is 19.1 Å². The topological polar surface area (TPSA) is 104 Å². The Bertz CT molecular complexity index is 575. The number of alkyl halides is 1. The second-order valence-corrected chi connectivity index (χ2v) is 6.93. The van der Waals surface area contributed by atoms with E-state index in [0.29, 0.717) is 0 Å². The number of carbonyl (C=O) groups excluding carboxylic acids is 2. The molecule has 1 aromatic carbocycles. The van der Waals surface area contributed by atoms with Crippen LogP contribution >= 0.6 is 15.9 Å². The highest BCUT2D eigenvalue weighted by atomic mass is 79.9. The summed E-state index contributed by atoms with van der Waals surface area (Å²) in [5.74, 6) is -1.12. The van der Waals surface area contributed by atoms with Gasteiger partial charge in [0.25, 0.3) is 11.8 Å². The van der Waals surface area contributed by atoms with E-state index in [1.165, 1.54) is 12.1 Å². The number of sulfonamides is 1. The molecule has 0 unspecified atom stereocenters. The minimum absolute atomic E-state index is 0.0610. The summed E-state index contributed by atoms with van der Waals surface area (Å²) in [4.78, 5) is 22.1. The van der Waals surface area contributed by atoms with Gasteiger partial charge in [-0.1, -0.05) is 34.1 Å². The molecule has 20 heavy (non-hydrogen) atoms. The molecule has 0 heterocycles. The Morgan fingerprint density at radius 2 is 1.80 bits per heavy atom. The minimum atomic E-state index is -3.74. The molecule has 0 spiro atoms. The van der Waals surface area contributed by atoms with Crippen LogP contribution < -0.4 is 15.6 Å². The van der Waals surface area contributed by atoms with Gasteiger partial charge in [-0.2, -0.15) is 0 Å². The molecule has 0 fully saturated rings. The molecule has 0 radical (unpaired) electrons. The summed E-state index contributed by atoms with van der Waals surface area (Å²) >= 11 is 3.02. The van der Waals surface area contributed by atoms with Crippen molar-refractivity contribution in [3.63, 3.8) is 0 Å². The maximum Gasteiger partial charge on any atom is 0.253 e. The molecule has 1 aromatic rings. The lowest BCUT2D eigenvalue weighted by atomic mass is 10.4. The van der Waals surface area contributed by atoms with Gasteiger partial charge >= 0.3 is 0 Å². The predicted molar refractivity (Wildman–Crippen MR) is 76.3 cm³/mol. The first-order chi connectivity index (χ1) is 9.33. The van der Waals surface area contributed by atoms with E-state index in [0.717, 1.165) is 0 Å². The van der Waals surface area contributed by atoms with Gasteiger partial charge in [0.2, 0.25) is 10.0 Å². The third kappa shape index (κ3) is 5.27. The summed E-state index contributed by atoms with van der Waals surface area (Å²) in [6.07, 6.45) is 0. The van der Waals surface area contributed by atoms with Gasteiger partial charge in [0.1, 0.15) is 0 Å². The number of carbonyl (C=O) groups is 2. The van der Waals surface area contributed by atoms with E-state index in [9.17, 15) is 18.0 Å². The fraction of sp³-hybridized carbons (Fsp3) is 0.273. The van der Waals surface area contributed by atoms with E-state index in [1.807, 2.05) is 0 Å². The molecule has 9 heteroatoms. The lowest BCUT2D eigenvalue weighted by Gasteiger charge is -2.09. The van der Waals surface area contributed by atoms with Crippen LogP contribution in [-0.4, -0.2) is 31.6 Å². The number of hydrogen-bond donors (Lipinski definition) is 3. The maximum absolute atomic E-state index is 11.8. The highest BCUT2D eigenvalue weighted by molar-refractivity contribution is 9.10. The fourth-order valence-electron chi connectivity index (χ4n) is 1.12. The first kappa shape index (κ1) is 16.6. The van der Waals surface area contributed by atoms with Gasteiger partial charge in [0.05, 0.1) is 16.3 Å². The SMILES string of the molecule is C[C@@H](Br)C(=O)NNC(=O)CNS(=O)(=O)c1ccccc1. The molecule has 0 bridgehead atoms. The molecule has 3 N–H and O–H groups in total. The minimum Gasteiger partial charge on any atom is -0.272 e. The second-order valence-electron chi connectivity index (χ2n) is 3.79. The number of halogens is 1. The van der Waals surface area contributed by atoms with E-state index < -0.39 is 33.2 Å². The zero-order valence-corrected chi connectivity index (χ0v) is 13.0. The molecule has 1 atom stereocenters. The van der Waals surface area contributed by atoms with E-state index in [4.69, 9.17) is 0 Å². The highest BCUT2D eigenvalue weighted by Crippen LogP contribution is 2.06. The van der Waals surface area contributed by atoms with Crippen LogP contribution in [0.15, 0.2) is 35.2 Å². The Kier molecular flexibility index (Phi) is 6.11. The zero-order valence-electron chi connectivity index (χ0n) is 10.6. The van der Waals surface area contributed by atoms with Gasteiger partial charge in [0.15, 0.2) is 0 Å². The molecule has 0 aliphatic heterocycles. The Morgan fingerprint density at radius 3 is 2.35 bits per heavy atom. The lowest BCUT2D eigenvalue weighted by molar-refractivity contribution is -0.127. The molecule has 0 saturated heterocycles. The van der Waals surface area contributed by atoms with Gasteiger partial charge in [-0.15, -0.1) is 0 Å². The van der Waals surface area contributed by atoms with Crippen LogP contribution in [-0.2, 0) is 19.6 Å². The zero-order chi connectivity index (χ0) is 15.2. The average Bonchev–Trinajstić information content (AvgIpc) is 2.43. The van der Waals surface area contributed by atoms with Crippen molar-refractivity contribution >= 4 is 37.8 Å². The summed E-state index contributed by atoms with van der Waals surface area (Å²) in [6.45, 7) is 1.10. The molecule has 0 saturated carbocycles. The number of hydrogen-bond acceptors (Lipinski definition) is 4. The van der Waals surface area contributed by atoms with Crippen molar-refractivity contribution in [2.24, 2.45) is 0 Å². The van der Waals surface area contributed by atoms with E-state index in [2.05, 4.69) is 31.5 Å². The molecule has 0 aromatic heterocycles. The van der Waals surface area contributed by atoms with Crippen LogP contribution in [0.1, 0.15) is 6.92 Å². The van der Waals surface area contributed by atoms with Crippen molar-refractivity contribution in [2.45, 2.75) is 16.6 Å². The lowest BCUT2D eigenvalue weighted by Crippen LogP contribution is -2.48. The molecule has 0 aliphatic carbocycles. The van der Waals surface area contributed by atoms with Crippen molar-refractivity contribution in [2.75, 3.05) is 6.54 Å². The van der Waals surface area contributed by atoms with E-state index in [-0.39, 0.29) is 4.90 Å². The largest absolute Gasteiger partial charge is 0.272 e. The predicted octanol–water partition coefficient (Wildman–Crippen LogP) is -0.104. The van der Waals surface area contributed by atoms with Crippen LogP contribution in [0.5, 0.6) is 0 Å². The number of hydrazine groups is 1. The summed E-state index contributed by atoms with van der Waals surface area (Å²) < 4.78 is 25.7. The Labute approximate surface area is 125 Å². The van der Waals surface area contributed by atoms with Crippen molar-refractivity contribution in [3.8, 4) is 0 Å². The van der Waals surface area contributed by atoms with Gasteiger partial charge in [-0.3, -0.25) is 20.4 Å². The molecule has 110 valence electrons. The third-order valence-electron chi connectivity index (χ3n) is 2.16. The smallest absolute Gasteiger partial charge is 0.253 e. The molecule has 7 nitrogen and oxygen atoms in total. The van der Waals surface area contributed by atoms with Crippen LogP contribution in [0.25, 0.3) is 0 Å². The normalized spacial score (nSPS) is 12.5. The number of amides is 2. The second kappa shape index (κ2) is 7.36. The summed E-state index contributed by atoms with van der Waals surface area (Å²) in [7, 11) is -3.74. The molecular formula is C11H14BrN3O4S. The molecule has 2 amide bonds. The Hall–Kier alpha value is -1.45. The summed E-state index contributed by atoms with van der Waals surface area (Å²) in [6, 6.07) is 7.66. The van der Waals surface area contributed by atoms with Crippen molar-refractivity contribution in [3.05, 3.63) is 30.3 Å². The van der Waals surface area contributed by atoms with Crippen LogP contribution in [0.3, 0.4) is 0 Å². The monoisotopic (exact) mass is 363 g/mol. The maximum atomic E-state index is 11.8. The van der Waals surface area contributed by atoms with Crippen molar-refractivity contribution < 1.29 is 18.0 Å². The number of benzene rings is 1. The Morgan fingerprint density at radius 1 is 1.20 bits per heavy atom. The first-order valence-electron chi connectivity index (χ1n) is 5.60. The number of rotatable bonds is 5. The number of nitrogens with one attached hydrogen (secondary N) is 3. The average molecular weight is 364 g/mol. The summed E-state index contributed by atoms with van der Waals surface area (Å²) in [5, 5.41) is 0. The fourth-order valence-corrected chi connectivity index (χ4v) is 2.24. The van der Waals surface area contributed by atoms with E-state index >= 15 is 0 Å². The van der Waals surface area contributed by atoms with Gasteiger partial charge in [-0.25, -0.2) is 13.1 Å². The molecule has 0 aliphatic rings. The van der Waals surface area contributed by atoms with Crippen molar-refractivity contribution in [1.29, 1.82) is 0 Å². The van der Waals surface area contributed by atoms with Crippen LogP contribution in [0.4, 0.5) is 0 Å². The van der Waals surface area contributed by atoms with Crippen LogP contribution in [0.2, 0.25) is 0 Å². The van der Waals surface area contributed by atoms with Crippen molar-refractivity contribution in [1.82, 2.24) is 15.6 Å². The van der Waals surface area contributed by atoms with E-state index in [1.54, 1.807) is 25.1 Å². The van der Waals surface area contributed by atoms with Gasteiger partial charge in [0, 0.05) is 0 Å². The molecule has 1 rings (SSSR count). The molecular weight excluding hydrogens is 350 g/mol. The first-order valence-corrected chi connectivity index (χ1v) is 8.00. The Balaban J connectivity index is 2.47. The van der Waals surface area contributed by atoms with Crippen LogP contribution in [0, 0.1) is 0 Å². The standard InChI is InChI=1S/C11H14BrN3O4S/c1-8(12)11(17)15-14-10(16)7-13-20(18,19)9-5-3-2-4-6-9/h2-6,8,13H,7H2,1H3,(H,14,16)(H,15,17)/t8-/m1/s1. The quantitative estimate of drug-likeness (QED) is 0.501.